The second kappa shape index (κ2) is 8.29. The highest BCUT2D eigenvalue weighted by atomic mass is 16.5. The second-order valence-electron chi connectivity index (χ2n) is 5.52. The van der Waals surface area contributed by atoms with Gasteiger partial charge in [-0.05, 0) is 37.8 Å². The van der Waals surface area contributed by atoms with Crippen molar-refractivity contribution in [3.05, 3.63) is 52.4 Å². The average Bonchev–Trinajstić information content (AvgIpc) is 2.95. The van der Waals surface area contributed by atoms with E-state index in [0.717, 1.165) is 6.42 Å². The first-order valence-electron chi connectivity index (χ1n) is 7.96. The van der Waals surface area contributed by atoms with Gasteiger partial charge in [-0.15, -0.1) is 0 Å². The Morgan fingerprint density at radius 3 is 2.71 bits per heavy atom. The van der Waals surface area contributed by atoms with E-state index in [4.69, 9.17) is 9.26 Å². The van der Waals surface area contributed by atoms with Gasteiger partial charge in [-0.25, -0.2) is 4.79 Å². The van der Waals surface area contributed by atoms with Crippen LogP contribution in [0.1, 0.15) is 39.9 Å². The lowest BCUT2D eigenvalue weighted by Crippen LogP contribution is -2.30. The van der Waals surface area contributed by atoms with Gasteiger partial charge in [0, 0.05) is 6.54 Å². The molecule has 0 aliphatic rings. The van der Waals surface area contributed by atoms with Crippen LogP contribution < -0.4 is 5.32 Å². The Bertz CT molecular complexity index is 722. The molecule has 0 saturated heterocycles. The Morgan fingerprint density at radius 2 is 2.00 bits per heavy atom. The topological polar surface area (TPSA) is 81.4 Å². The number of nitrogens with zero attached hydrogens (tertiary/aromatic N) is 1. The molecule has 1 amide bonds. The maximum Gasteiger partial charge on any atom is 0.344 e. The minimum atomic E-state index is -0.584. The van der Waals surface area contributed by atoms with Crippen molar-refractivity contribution in [3.8, 4) is 0 Å². The lowest BCUT2D eigenvalue weighted by Gasteiger charge is -2.08. The quantitative estimate of drug-likeness (QED) is 0.788. The third kappa shape index (κ3) is 4.44. The summed E-state index contributed by atoms with van der Waals surface area (Å²) in [5, 5.41) is 6.54. The molecular formula is C18H22N2O4. The summed E-state index contributed by atoms with van der Waals surface area (Å²) in [6, 6.07) is 8.01. The van der Waals surface area contributed by atoms with E-state index in [1.165, 1.54) is 11.1 Å². The molecule has 1 aromatic heterocycles. The lowest BCUT2D eigenvalue weighted by atomic mass is 10.1. The molecule has 6 nitrogen and oxygen atoms in total. The highest BCUT2D eigenvalue weighted by Crippen LogP contribution is 2.15. The highest BCUT2D eigenvalue weighted by Gasteiger charge is 2.21. The molecule has 0 aliphatic heterocycles. The minimum Gasteiger partial charge on any atom is -0.452 e. The molecule has 0 aliphatic carbocycles. The van der Waals surface area contributed by atoms with Gasteiger partial charge in [-0.1, -0.05) is 36.3 Å². The van der Waals surface area contributed by atoms with E-state index in [1.807, 2.05) is 38.1 Å². The van der Waals surface area contributed by atoms with Gasteiger partial charge < -0.3 is 14.6 Å². The van der Waals surface area contributed by atoms with Crippen LogP contribution in [0, 0.1) is 13.8 Å². The predicted molar refractivity (Wildman–Crippen MR) is 88.8 cm³/mol. The van der Waals surface area contributed by atoms with Crippen LogP contribution in [0.3, 0.4) is 0 Å². The van der Waals surface area contributed by atoms with Crippen LogP contribution >= 0.6 is 0 Å². The number of amides is 1. The molecule has 0 spiro atoms. The molecule has 2 rings (SSSR count). The van der Waals surface area contributed by atoms with E-state index in [-0.39, 0.29) is 12.5 Å². The van der Waals surface area contributed by atoms with Crippen LogP contribution in [0.25, 0.3) is 0 Å². The Morgan fingerprint density at radius 1 is 1.25 bits per heavy atom. The van der Waals surface area contributed by atoms with Crippen molar-refractivity contribution in [1.29, 1.82) is 0 Å². The molecule has 0 saturated carbocycles. The molecule has 0 radical (unpaired) electrons. The summed E-state index contributed by atoms with van der Waals surface area (Å²) in [5.74, 6) is -0.513. The number of aromatic nitrogens is 1. The normalized spacial score (nSPS) is 10.5. The highest BCUT2D eigenvalue weighted by molar-refractivity contribution is 5.93. The van der Waals surface area contributed by atoms with Crippen molar-refractivity contribution in [2.75, 3.05) is 13.2 Å². The molecule has 24 heavy (non-hydrogen) atoms. The summed E-state index contributed by atoms with van der Waals surface area (Å²) in [4.78, 5) is 23.9. The third-order valence-electron chi connectivity index (χ3n) is 3.78. The Kier molecular flexibility index (Phi) is 6.12. The van der Waals surface area contributed by atoms with Gasteiger partial charge in [0.2, 0.25) is 0 Å². The van der Waals surface area contributed by atoms with E-state index in [2.05, 4.69) is 10.5 Å². The predicted octanol–water partition coefficient (Wildman–Crippen LogP) is 2.37. The van der Waals surface area contributed by atoms with Crippen molar-refractivity contribution < 1.29 is 18.8 Å². The van der Waals surface area contributed by atoms with Gasteiger partial charge in [0.1, 0.15) is 11.3 Å². The SMILES string of the molecule is CCc1noc(C)c1C(=O)OCC(=O)NCCc1ccccc1C. The molecule has 2 aromatic rings. The van der Waals surface area contributed by atoms with Gasteiger partial charge >= 0.3 is 5.97 Å². The molecule has 6 heteroatoms. The van der Waals surface area contributed by atoms with E-state index < -0.39 is 5.97 Å². The van der Waals surface area contributed by atoms with Crippen molar-refractivity contribution in [2.24, 2.45) is 0 Å². The number of carbonyl (C=O) groups is 2. The lowest BCUT2D eigenvalue weighted by molar-refractivity contribution is -0.124. The third-order valence-corrected chi connectivity index (χ3v) is 3.78. The number of benzene rings is 1. The molecule has 1 aromatic carbocycles. The van der Waals surface area contributed by atoms with E-state index >= 15 is 0 Å². The van der Waals surface area contributed by atoms with Crippen LogP contribution in [0.2, 0.25) is 0 Å². The van der Waals surface area contributed by atoms with Gasteiger partial charge in [0.15, 0.2) is 6.61 Å². The summed E-state index contributed by atoms with van der Waals surface area (Å²) >= 11 is 0. The number of hydrogen-bond acceptors (Lipinski definition) is 5. The summed E-state index contributed by atoms with van der Waals surface area (Å²) in [6.45, 7) is 5.72. The van der Waals surface area contributed by atoms with E-state index in [1.54, 1.807) is 6.92 Å². The fourth-order valence-corrected chi connectivity index (χ4v) is 2.40. The van der Waals surface area contributed by atoms with Crippen LogP contribution in [0.15, 0.2) is 28.8 Å². The molecule has 128 valence electrons. The standard InChI is InChI=1S/C18H22N2O4/c1-4-15-17(13(3)24-20-15)18(22)23-11-16(21)19-10-9-14-8-6-5-7-12(14)2/h5-8H,4,9-11H2,1-3H3,(H,19,21). The summed E-state index contributed by atoms with van der Waals surface area (Å²) in [7, 11) is 0. The number of aryl methyl sites for hydroxylation is 3. The zero-order valence-electron chi connectivity index (χ0n) is 14.2. The van der Waals surface area contributed by atoms with Crippen LogP contribution in [0.5, 0.6) is 0 Å². The smallest absolute Gasteiger partial charge is 0.344 e. The van der Waals surface area contributed by atoms with Crippen LogP contribution in [-0.2, 0) is 22.4 Å². The van der Waals surface area contributed by atoms with Crippen molar-refractivity contribution in [1.82, 2.24) is 10.5 Å². The first-order chi connectivity index (χ1) is 11.5. The van der Waals surface area contributed by atoms with E-state index in [9.17, 15) is 9.59 Å². The Hall–Kier alpha value is -2.63. The van der Waals surface area contributed by atoms with Gasteiger partial charge in [0.25, 0.3) is 5.91 Å². The van der Waals surface area contributed by atoms with Crippen molar-refractivity contribution in [3.63, 3.8) is 0 Å². The molecule has 0 atom stereocenters. The summed E-state index contributed by atoms with van der Waals surface area (Å²) in [6.07, 6.45) is 1.29. The minimum absolute atomic E-state index is 0.310. The maximum atomic E-state index is 12.0. The van der Waals surface area contributed by atoms with Crippen molar-refractivity contribution in [2.45, 2.75) is 33.6 Å². The monoisotopic (exact) mass is 330 g/mol. The molecule has 1 heterocycles. The van der Waals surface area contributed by atoms with Gasteiger partial charge in [-0.3, -0.25) is 4.79 Å². The number of ether oxygens (including phenoxy) is 1. The van der Waals surface area contributed by atoms with Crippen LogP contribution in [-0.4, -0.2) is 30.2 Å². The zero-order chi connectivity index (χ0) is 17.5. The summed E-state index contributed by atoms with van der Waals surface area (Å²) < 4.78 is 10.0. The second-order valence-corrected chi connectivity index (χ2v) is 5.52. The van der Waals surface area contributed by atoms with Gasteiger partial charge in [-0.2, -0.15) is 0 Å². The first-order valence-corrected chi connectivity index (χ1v) is 7.96. The number of nitrogens with one attached hydrogen (secondary N) is 1. The van der Waals surface area contributed by atoms with E-state index in [0.29, 0.717) is 30.0 Å². The number of hydrogen-bond donors (Lipinski definition) is 1. The maximum absolute atomic E-state index is 12.0. The number of esters is 1. The van der Waals surface area contributed by atoms with Crippen molar-refractivity contribution >= 4 is 11.9 Å². The molecule has 0 unspecified atom stereocenters. The van der Waals surface area contributed by atoms with Gasteiger partial charge in [0.05, 0.1) is 5.69 Å². The molecule has 0 bridgehead atoms. The number of carbonyl (C=O) groups excluding carboxylic acids is 2. The first kappa shape index (κ1) is 17.7. The number of rotatable bonds is 7. The largest absolute Gasteiger partial charge is 0.452 e. The van der Waals surface area contributed by atoms with Crippen LogP contribution in [0.4, 0.5) is 0 Å². The molecular weight excluding hydrogens is 308 g/mol. The average molecular weight is 330 g/mol. The molecule has 0 fully saturated rings. The fourth-order valence-electron chi connectivity index (χ4n) is 2.40. The zero-order valence-corrected chi connectivity index (χ0v) is 14.2. The Labute approximate surface area is 141 Å². The fraction of sp³-hybridized carbons (Fsp3) is 0.389. The Balaban J connectivity index is 1.78. The molecule has 1 N–H and O–H groups in total. The summed E-state index contributed by atoms with van der Waals surface area (Å²) in [5.41, 5.74) is 3.22.